The minimum absolute atomic E-state index is 0.190. The number of rotatable bonds is 0. The molecule has 4 rings (SSSR count). The zero-order chi connectivity index (χ0) is 12.5. The van der Waals surface area contributed by atoms with E-state index in [4.69, 9.17) is 0 Å². The molecule has 1 aliphatic heterocycles. The number of aromatic nitrogens is 1. The number of benzene rings is 2. The molecule has 1 aromatic heterocycles. The molecule has 2 heteroatoms. The summed E-state index contributed by atoms with van der Waals surface area (Å²) in [6.07, 6.45) is 3.50. The lowest BCUT2D eigenvalue weighted by atomic mass is 10.0. The lowest BCUT2D eigenvalue weighted by Gasteiger charge is -2.23. The molecule has 0 unspecified atom stereocenters. The Balaban J connectivity index is 2.38. The van der Waals surface area contributed by atoms with Crippen LogP contribution in [0.2, 0.25) is 0 Å². The Labute approximate surface area is 114 Å². The summed E-state index contributed by atoms with van der Waals surface area (Å²) in [5, 5.41) is 5.48. The van der Waals surface area contributed by atoms with Crippen LogP contribution in [-0.2, 0) is 5.54 Å². The van der Waals surface area contributed by atoms with Gasteiger partial charge in [-0.15, -0.1) is 0 Å². The lowest BCUT2D eigenvalue weighted by molar-refractivity contribution is 0.394. The summed E-state index contributed by atoms with van der Waals surface area (Å²) >= 11 is 3.66. The van der Waals surface area contributed by atoms with Crippen LogP contribution in [0.5, 0.6) is 0 Å². The standard InChI is InChI=1S/C16H14BrN/c1-16(2)9-8-13-11-5-3-4-10-12(17)6-7-14(15(10)11)18(13)16/h3-8H,9H2,1-2H3. The molecule has 0 amide bonds. The van der Waals surface area contributed by atoms with Gasteiger partial charge in [-0.1, -0.05) is 40.2 Å². The first-order chi connectivity index (χ1) is 8.59. The number of fused-ring (bicyclic) bond motifs is 3. The molecular weight excluding hydrogens is 286 g/mol. The number of halogens is 1. The topological polar surface area (TPSA) is 4.93 Å². The second-order valence-corrected chi connectivity index (χ2v) is 6.59. The summed E-state index contributed by atoms with van der Waals surface area (Å²) in [7, 11) is 0. The van der Waals surface area contributed by atoms with E-state index in [1.165, 1.54) is 31.5 Å². The van der Waals surface area contributed by atoms with Crippen molar-refractivity contribution >= 4 is 43.7 Å². The predicted octanol–water partition coefficient (Wildman–Crippen LogP) is 4.20. The Hall–Kier alpha value is -1.28. The van der Waals surface area contributed by atoms with Gasteiger partial charge in [0, 0.05) is 26.1 Å². The second kappa shape index (κ2) is 3.18. The van der Waals surface area contributed by atoms with Crippen LogP contribution >= 0.6 is 15.9 Å². The van der Waals surface area contributed by atoms with Gasteiger partial charge in [0.25, 0.3) is 0 Å². The van der Waals surface area contributed by atoms with Crippen LogP contribution in [-0.4, -0.2) is 4.57 Å². The van der Waals surface area contributed by atoms with Crippen molar-refractivity contribution in [2.45, 2.75) is 25.8 Å². The van der Waals surface area contributed by atoms with Crippen LogP contribution in [0.15, 0.2) is 34.8 Å². The Morgan fingerprint density at radius 3 is 2.72 bits per heavy atom. The van der Waals surface area contributed by atoms with Crippen LogP contribution in [0.1, 0.15) is 20.3 Å². The summed E-state index contributed by atoms with van der Waals surface area (Å²) in [4.78, 5) is 0. The first-order valence-electron chi connectivity index (χ1n) is 6.31. The minimum atomic E-state index is 0.190. The van der Waals surface area contributed by atoms with Gasteiger partial charge < -0.3 is 4.57 Å². The lowest BCUT2D eigenvalue weighted by Crippen LogP contribution is -2.27. The van der Waals surface area contributed by atoms with Gasteiger partial charge in [-0.05, 0) is 37.8 Å². The van der Waals surface area contributed by atoms with Crippen LogP contribution < -0.4 is 5.35 Å². The maximum Gasteiger partial charge on any atom is 0.0503 e. The van der Waals surface area contributed by atoms with Crippen LogP contribution in [0.25, 0.3) is 27.8 Å². The monoisotopic (exact) mass is 299 g/mol. The fraction of sp³-hybridized carbons (Fsp3) is 0.250. The summed E-state index contributed by atoms with van der Waals surface area (Å²) in [5.41, 5.74) is 1.55. The molecule has 0 saturated heterocycles. The van der Waals surface area contributed by atoms with Gasteiger partial charge in [0.15, 0.2) is 0 Å². The Bertz CT molecular complexity index is 839. The Morgan fingerprint density at radius 1 is 1.11 bits per heavy atom. The summed E-state index contributed by atoms with van der Waals surface area (Å²) in [6, 6.07) is 11.0. The highest BCUT2D eigenvalue weighted by molar-refractivity contribution is 9.10. The highest BCUT2D eigenvalue weighted by atomic mass is 79.9. The van der Waals surface area contributed by atoms with Gasteiger partial charge >= 0.3 is 0 Å². The molecule has 0 aliphatic carbocycles. The smallest absolute Gasteiger partial charge is 0.0503 e. The van der Waals surface area contributed by atoms with Gasteiger partial charge in [-0.3, -0.25) is 0 Å². The van der Waals surface area contributed by atoms with Crippen LogP contribution in [0.3, 0.4) is 0 Å². The maximum absolute atomic E-state index is 3.66. The molecule has 0 spiro atoms. The normalized spacial score (nSPS) is 17.3. The zero-order valence-electron chi connectivity index (χ0n) is 10.5. The van der Waals surface area contributed by atoms with Crippen molar-refractivity contribution in [3.8, 4) is 0 Å². The summed E-state index contributed by atoms with van der Waals surface area (Å²) in [5.74, 6) is 0. The van der Waals surface area contributed by atoms with E-state index < -0.39 is 0 Å². The van der Waals surface area contributed by atoms with Gasteiger partial charge in [0.05, 0.1) is 5.52 Å². The van der Waals surface area contributed by atoms with E-state index in [0.29, 0.717) is 0 Å². The first-order valence-corrected chi connectivity index (χ1v) is 7.11. The van der Waals surface area contributed by atoms with Crippen molar-refractivity contribution < 1.29 is 0 Å². The van der Waals surface area contributed by atoms with Crippen molar-refractivity contribution in [1.82, 2.24) is 4.57 Å². The van der Waals surface area contributed by atoms with Crippen LogP contribution in [0.4, 0.5) is 0 Å². The molecule has 0 saturated carbocycles. The average Bonchev–Trinajstić information content (AvgIpc) is 2.83. The second-order valence-electron chi connectivity index (χ2n) is 5.74. The third-order valence-electron chi connectivity index (χ3n) is 4.12. The third-order valence-corrected chi connectivity index (χ3v) is 4.81. The summed E-state index contributed by atoms with van der Waals surface area (Å²) in [6.45, 7) is 4.63. The average molecular weight is 300 g/mol. The van der Waals surface area contributed by atoms with E-state index in [1.54, 1.807) is 0 Å². The van der Waals surface area contributed by atoms with E-state index in [9.17, 15) is 0 Å². The maximum atomic E-state index is 3.66. The third kappa shape index (κ3) is 1.12. The highest BCUT2D eigenvalue weighted by Gasteiger charge is 2.28. The number of hydrogen-bond acceptors (Lipinski definition) is 0. The summed E-state index contributed by atoms with van der Waals surface area (Å²) < 4.78 is 3.68. The van der Waals surface area contributed by atoms with Crippen molar-refractivity contribution in [2.75, 3.05) is 0 Å². The minimum Gasteiger partial charge on any atom is -0.335 e. The molecule has 0 atom stereocenters. The molecule has 1 aliphatic rings. The molecule has 2 heterocycles. The van der Waals surface area contributed by atoms with E-state index >= 15 is 0 Å². The molecular formula is C16H14BrN. The SMILES string of the molecule is CC1(C)CC=c2c3cccc4c(Br)ccc(c43)n21. The van der Waals surface area contributed by atoms with E-state index in [-0.39, 0.29) is 5.54 Å². The van der Waals surface area contributed by atoms with Crippen molar-refractivity contribution in [1.29, 1.82) is 0 Å². The molecule has 2 aromatic carbocycles. The van der Waals surface area contributed by atoms with Gasteiger partial charge in [0.2, 0.25) is 0 Å². The molecule has 90 valence electrons. The quantitative estimate of drug-likeness (QED) is 0.586. The molecule has 3 aromatic rings. The predicted molar refractivity (Wildman–Crippen MR) is 80.8 cm³/mol. The molecule has 0 radical (unpaired) electrons. The molecule has 0 N–H and O–H groups in total. The van der Waals surface area contributed by atoms with Gasteiger partial charge in [-0.25, -0.2) is 0 Å². The molecule has 0 bridgehead atoms. The molecule has 0 fully saturated rings. The van der Waals surface area contributed by atoms with Crippen molar-refractivity contribution in [3.05, 3.63) is 40.2 Å². The largest absolute Gasteiger partial charge is 0.335 e. The fourth-order valence-electron chi connectivity index (χ4n) is 3.29. The Kier molecular flexibility index (Phi) is 1.88. The number of hydrogen-bond donors (Lipinski definition) is 0. The van der Waals surface area contributed by atoms with Gasteiger partial charge in [0.1, 0.15) is 0 Å². The van der Waals surface area contributed by atoms with Crippen LogP contribution in [0, 0.1) is 0 Å². The number of nitrogens with zero attached hydrogens (tertiary/aromatic N) is 1. The van der Waals surface area contributed by atoms with E-state index in [0.717, 1.165) is 6.42 Å². The van der Waals surface area contributed by atoms with Crippen molar-refractivity contribution in [3.63, 3.8) is 0 Å². The Morgan fingerprint density at radius 2 is 1.89 bits per heavy atom. The van der Waals surface area contributed by atoms with Crippen molar-refractivity contribution in [2.24, 2.45) is 0 Å². The first kappa shape index (κ1) is 10.6. The van der Waals surface area contributed by atoms with E-state index in [1.807, 2.05) is 0 Å². The van der Waals surface area contributed by atoms with E-state index in [2.05, 4.69) is 70.8 Å². The molecule has 1 nitrogen and oxygen atoms in total. The zero-order valence-corrected chi connectivity index (χ0v) is 12.1. The van der Waals surface area contributed by atoms with Gasteiger partial charge in [-0.2, -0.15) is 0 Å². The highest BCUT2D eigenvalue weighted by Crippen LogP contribution is 2.36. The molecule has 18 heavy (non-hydrogen) atoms. The fourth-order valence-corrected chi connectivity index (χ4v) is 3.76.